The highest BCUT2D eigenvalue weighted by atomic mass is 16.5. The maximum atomic E-state index is 12.4. The smallest absolute Gasteiger partial charge is 0.243 e. The summed E-state index contributed by atoms with van der Waals surface area (Å²) in [4.78, 5) is 27.4. The Bertz CT molecular complexity index is 590. The molecule has 6 nitrogen and oxygen atoms in total. The first-order valence-corrected chi connectivity index (χ1v) is 10.2. The molecular weight excluding hydrogens is 354 g/mol. The lowest BCUT2D eigenvalue weighted by molar-refractivity contribution is -0.131. The van der Waals surface area contributed by atoms with Gasteiger partial charge in [-0.2, -0.15) is 0 Å². The van der Waals surface area contributed by atoms with E-state index < -0.39 is 0 Å². The van der Waals surface area contributed by atoms with Gasteiger partial charge in [-0.3, -0.25) is 14.8 Å². The minimum atomic E-state index is -0.351. The standard InChI is InChI=1S/C22H35N3O3/c1-3-25(22(27)16-10-5-4-9-15-21(26)23-28)19-18-24(2)17-11-14-20-12-7-6-8-13-20/h6-8,11-14,28H,3-5,9-10,15-19H2,1-2H3,(H,23,26)/b14-11+. The largest absolute Gasteiger partial charge is 0.342 e. The number of likely N-dealkylation sites (N-methyl/N-ethyl adjacent to an activating group) is 2. The number of hydrogen-bond donors (Lipinski definition) is 2. The molecule has 0 aromatic heterocycles. The minimum Gasteiger partial charge on any atom is -0.342 e. The zero-order valence-electron chi connectivity index (χ0n) is 17.3. The second-order valence-electron chi connectivity index (χ2n) is 7.00. The van der Waals surface area contributed by atoms with Crippen LogP contribution >= 0.6 is 0 Å². The lowest BCUT2D eigenvalue weighted by Crippen LogP contribution is -2.37. The van der Waals surface area contributed by atoms with Crippen LogP contribution in [0.4, 0.5) is 0 Å². The first-order valence-electron chi connectivity index (χ1n) is 10.2. The zero-order chi connectivity index (χ0) is 20.6. The molecule has 156 valence electrons. The van der Waals surface area contributed by atoms with Crippen molar-refractivity contribution in [3.63, 3.8) is 0 Å². The predicted molar refractivity (Wildman–Crippen MR) is 113 cm³/mol. The highest BCUT2D eigenvalue weighted by Gasteiger charge is 2.11. The molecule has 0 saturated heterocycles. The fraction of sp³-hybridized carbons (Fsp3) is 0.545. The van der Waals surface area contributed by atoms with Crippen LogP contribution in [0.2, 0.25) is 0 Å². The van der Waals surface area contributed by atoms with Gasteiger partial charge in [0.2, 0.25) is 11.8 Å². The fourth-order valence-electron chi connectivity index (χ4n) is 2.90. The molecule has 1 aromatic carbocycles. The van der Waals surface area contributed by atoms with Crippen LogP contribution in [0.15, 0.2) is 36.4 Å². The molecule has 0 spiro atoms. The molecule has 2 N–H and O–H groups in total. The third-order valence-electron chi connectivity index (χ3n) is 4.68. The zero-order valence-corrected chi connectivity index (χ0v) is 17.3. The van der Waals surface area contributed by atoms with Gasteiger partial charge in [0.25, 0.3) is 0 Å². The van der Waals surface area contributed by atoms with E-state index in [0.29, 0.717) is 12.8 Å². The Labute approximate surface area is 169 Å². The summed E-state index contributed by atoms with van der Waals surface area (Å²) in [5.74, 6) is -0.153. The summed E-state index contributed by atoms with van der Waals surface area (Å²) in [7, 11) is 2.07. The molecule has 0 aliphatic rings. The Morgan fingerprint density at radius 2 is 1.71 bits per heavy atom. The molecule has 0 aliphatic heterocycles. The van der Waals surface area contributed by atoms with Crippen LogP contribution in [0.1, 0.15) is 51.0 Å². The monoisotopic (exact) mass is 389 g/mol. The Kier molecular flexibility index (Phi) is 12.6. The highest BCUT2D eigenvalue weighted by Crippen LogP contribution is 2.08. The van der Waals surface area contributed by atoms with Crippen molar-refractivity contribution in [3.8, 4) is 0 Å². The van der Waals surface area contributed by atoms with Crippen LogP contribution in [0, 0.1) is 0 Å². The van der Waals surface area contributed by atoms with Crippen LogP contribution in [0.3, 0.4) is 0 Å². The number of unbranched alkanes of at least 4 members (excludes halogenated alkanes) is 3. The van der Waals surface area contributed by atoms with E-state index in [1.165, 1.54) is 5.56 Å². The van der Waals surface area contributed by atoms with Gasteiger partial charge in [-0.05, 0) is 32.4 Å². The molecule has 2 amide bonds. The second kappa shape index (κ2) is 14.8. The van der Waals surface area contributed by atoms with E-state index in [-0.39, 0.29) is 11.8 Å². The molecule has 0 atom stereocenters. The van der Waals surface area contributed by atoms with Gasteiger partial charge in [0.15, 0.2) is 0 Å². The average molecular weight is 390 g/mol. The molecule has 0 fully saturated rings. The molecular formula is C22H35N3O3. The third-order valence-corrected chi connectivity index (χ3v) is 4.68. The maximum absolute atomic E-state index is 12.4. The molecule has 0 radical (unpaired) electrons. The van der Waals surface area contributed by atoms with E-state index in [9.17, 15) is 9.59 Å². The van der Waals surface area contributed by atoms with Crippen LogP contribution in [-0.2, 0) is 9.59 Å². The summed E-state index contributed by atoms with van der Waals surface area (Å²) in [6, 6.07) is 10.2. The van der Waals surface area contributed by atoms with Crippen molar-refractivity contribution in [2.24, 2.45) is 0 Å². The fourth-order valence-corrected chi connectivity index (χ4v) is 2.90. The van der Waals surface area contributed by atoms with Crippen molar-refractivity contribution in [1.82, 2.24) is 15.3 Å². The first-order chi connectivity index (χ1) is 13.6. The van der Waals surface area contributed by atoms with Crippen LogP contribution < -0.4 is 5.48 Å². The van der Waals surface area contributed by atoms with Crippen LogP contribution in [0.5, 0.6) is 0 Å². The van der Waals surface area contributed by atoms with Crippen molar-refractivity contribution in [3.05, 3.63) is 42.0 Å². The lowest BCUT2D eigenvalue weighted by atomic mass is 10.1. The number of benzene rings is 1. The Morgan fingerprint density at radius 1 is 1.04 bits per heavy atom. The van der Waals surface area contributed by atoms with Gasteiger partial charge >= 0.3 is 0 Å². The Balaban J connectivity index is 2.18. The van der Waals surface area contributed by atoms with E-state index in [1.54, 1.807) is 5.48 Å². The summed E-state index contributed by atoms with van der Waals surface area (Å²) in [6.45, 7) is 5.17. The number of hydroxylamine groups is 1. The van der Waals surface area contributed by atoms with E-state index >= 15 is 0 Å². The van der Waals surface area contributed by atoms with Crippen molar-refractivity contribution >= 4 is 17.9 Å². The number of carbonyl (C=O) groups excluding carboxylic acids is 2. The van der Waals surface area contributed by atoms with Crippen LogP contribution in [0.25, 0.3) is 6.08 Å². The molecule has 0 heterocycles. The Hall–Kier alpha value is -2.18. The van der Waals surface area contributed by atoms with Gasteiger partial charge in [-0.15, -0.1) is 0 Å². The number of hydrogen-bond acceptors (Lipinski definition) is 4. The van der Waals surface area contributed by atoms with Crippen molar-refractivity contribution in [2.75, 3.05) is 33.2 Å². The average Bonchev–Trinajstić information content (AvgIpc) is 2.71. The van der Waals surface area contributed by atoms with Gasteiger partial charge in [0.05, 0.1) is 0 Å². The lowest BCUT2D eigenvalue weighted by Gasteiger charge is -2.24. The van der Waals surface area contributed by atoms with Gasteiger partial charge in [0.1, 0.15) is 0 Å². The van der Waals surface area contributed by atoms with E-state index in [0.717, 1.165) is 51.9 Å². The van der Waals surface area contributed by atoms with Gasteiger partial charge < -0.3 is 9.80 Å². The highest BCUT2D eigenvalue weighted by molar-refractivity contribution is 5.76. The quantitative estimate of drug-likeness (QED) is 0.291. The molecule has 6 heteroatoms. The van der Waals surface area contributed by atoms with Gasteiger partial charge in [-0.25, -0.2) is 5.48 Å². The molecule has 0 bridgehead atoms. The summed E-state index contributed by atoms with van der Waals surface area (Å²) < 4.78 is 0. The van der Waals surface area contributed by atoms with E-state index in [1.807, 2.05) is 30.0 Å². The first kappa shape index (κ1) is 23.9. The van der Waals surface area contributed by atoms with Gasteiger partial charge in [0, 0.05) is 39.0 Å². The summed E-state index contributed by atoms with van der Waals surface area (Å²) in [6.07, 6.45) is 8.53. The Morgan fingerprint density at radius 3 is 2.36 bits per heavy atom. The van der Waals surface area contributed by atoms with Gasteiger partial charge in [-0.1, -0.05) is 55.3 Å². The molecule has 0 unspecified atom stereocenters. The SMILES string of the molecule is CCN(CCN(C)C/C=C/c1ccccc1)C(=O)CCCCCCC(=O)NO. The van der Waals surface area contributed by atoms with Crippen molar-refractivity contribution in [2.45, 2.75) is 45.4 Å². The van der Waals surface area contributed by atoms with Crippen molar-refractivity contribution in [1.29, 1.82) is 0 Å². The maximum Gasteiger partial charge on any atom is 0.243 e. The molecule has 1 rings (SSSR count). The third kappa shape index (κ3) is 10.8. The summed E-state index contributed by atoms with van der Waals surface area (Å²) in [5.41, 5.74) is 2.83. The number of amides is 2. The van der Waals surface area contributed by atoms with Crippen molar-refractivity contribution < 1.29 is 14.8 Å². The number of carbonyl (C=O) groups is 2. The van der Waals surface area contributed by atoms with E-state index in [2.05, 4.69) is 36.2 Å². The number of nitrogens with one attached hydrogen (secondary N) is 1. The minimum absolute atomic E-state index is 0.198. The number of nitrogens with zero attached hydrogens (tertiary/aromatic N) is 2. The van der Waals surface area contributed by atoms with E-state index in [4.69, 9.17) is 5.21 Å². The second-order valence-corrected chi connectivity index (χ2v) is 7.00. The summed E-state index contributed by atoms with van der Waals surface area (Å²) in [5, 5.41) is 8.43. The van der Waals surface area contributed by atoms with Crippen LogP contribution in [-0.4, -0.2) is 60.0 Å². The summed E-state index contributed by atoms with van der Waals surface area (Å²) >= 11 is 0. The number of rotatable bonds is 14. The normalized spacial score (nSPS) is 11.1. The topological polar surface area (TPSA) is 72.9 Å². The molecule has 28 heavy (non-hydrogen) atoms. The predicted octanol–water partition coefficient (Wildman–Crippen LogP) is 3.33. The molecule has 0 aliphatic carbocycles. The molecule has 1 aromatic rings. The molecule has 0 saturated carbocycles.